The first-order valence-electron chi connectivity index (χ1n) is 5.10. The molecule has 0 fully saturated rings. The van der Waals surface area contributed by atoms with Gasteiger partial charge in [0.05, 0.1) is 24.8 Å². The van der Waals surface area contributed by atoms with Crippen molar-refractivity contribution < 1.29 is 19.4 Å². The van der Waals surface area contributed by atoms with Crippen molar-refractivity contribution in [1.29, 1.82) is 0 Å². The number of rotatable bonds is 6. The lowest BCUT2D eigenvalue weighted by Crippen LogP contribution is -2.20. The van der Waals surface area contributed by atoms with Crippen molar-refractivity contribution in [3.63, 3.8) is 0 Å². The molecule has 0 aliphatic carbocycles. The van der Waals surface area contributed by atoms with E-state index in [-0.39, 0.29) is 6.42 Å². The second-order valence-corrected chi connectivity index (χ2v) is 3.31. The zero-order chi connectivity index (χ0) is 12.7. The molecular formula is C11H14N2O4. The number of aromatic nitrogens is 1. The van der Waals surface area contributed by atoms with Gasteiger partial charge in [0.1, 0.15) is 0 Å². The maximum Gasteiger partial charge on any atom is 0.339 e. The molecule has 0 saturated carbocycles. The summed E-state index contributed by atoms with van der Waals surface area (Å²) >= 11 is 0. The van der Waals surface area contributed by atoms with Crippen molar-refractivity contribution >= 4 is 11.9 Å². The Bertz CT molecular complexity index is 406. The molecule has 17 heavy (non-hydrogen) atoms. The quantitative estimate of drug-likeness (QED) is 0.552. The number of nitrogens with one attached hydrogen (secondary N) is 1. The number of methoxy groups -OCH3 is 1. The fourth-order valence-corrected chi connectivity index (χ4v) is 1.28. The van der Waals surface area contributed by atoms with Crippen LogP contribution in [0.4, 0.5) is 0 Å². The zero-order valence-corrected chi connectivity index (χ0v) is 9.47. The lowest BCUT2D eigenvalue weighted by atomic mass is 10.2. The summed E-state index contributed by atoms with van der Waals surface area (Å²) < 4.78 is 4.62. The number of hydrogen-bond donors (Lipinski definition) is 2. The highest BCUT2D eigenvalue weighted by atomic mass is 16.5. The summed E-state index contributed by atoms with van der Waals surface area (Å²) in [5.74, 6) is -1.32. The smallest absolute Gasteiger partial charge is 0.339 e. The van der Waals surface area contributed by atoms with Crippen LogP contribution in [0.25, 0.3) is 0 Å². The normalized spacial score (nSPS) is 9.94. The number of pyridine rings is 1. The first kappa shape index (κ1) is 13.1. The summed E-state index contributed by atoms with van der Waals surface area (Å²) in [6.07, 6.45) is 1.60. The van der Waals surface area contributed by atoms with Crippen LogP contribution in [0.3, 0.4) is 0 Å². The van der Waals surface area contributed by atoms with E-state index in [1.807, 2.05) is 0 Å². The van der Waals surface area contributed by atoms with Crippen LogP contribution in [-0.2, 0) is 16.1 Å². The third-order valence-electron chi connectivity index (χ3n) is 2.10. The predicted octanol–water partition coefficient (Wildman–Crippen LogP) is 0.433. The Morgan fingerprint density at radius 1 is 1.53 bits per heavy atom. The number of carboxylic acids is 1. The topological polar surface area (TPSA) is 88.5 Å². The number of esters is 1. The van der Waals surface area contributed by atoms with E-state index in [1.165, 1.54) is 7.11 Å². The molecule has 0 radical (unpaired) electrons. The lowest BCUT2D eigenvalue weighted by molar-refractivity contribution is -0.136. The van der Waals surface area contributed by atoms with Gasteiger partial charge in [0, 0.05) is 19.3 Å². The van der Waals surface area contributed by atoms with E-state index in [2.05, 4.69) is 15.0 Å². The number of carbonyl (C=O) groups excluding carboxylic acids is 1. The minimum atomic E-state index is -0.869. The monoisotopic (exact) mass is 238 g/mol. The molecule has 2 N–H and O–H groups in total. The predicted molar refractivity (Wildman–Crippen MR) is 59.5 cm³/mol. The van der Waals surface area contributed by atoms with Gasteiger partial charge in [-0.25, -0.2) is 4.79 Å². The number of nitrogens with zero attached hydrogens (tertiary/aromatic N) is 1. The van der Waals surface area contributed by atoms with Gasteiger partial charge in [-0.15, -0.1) is 0 Å². The number of ether oxygens (including phenoxy) is 1. The summed E-state index contributed by atoms with van der Waals surface area (Å²) in [7, 11) is 1.30. The van der Waals surface area contributed by atoms with Crippen LogP contribution >= 0.6 is 0 Å². The minimum absolute atomic E-state index is 0.0282. The molecule has 0 aliphatic rings. The molecular weight excluding hydrogens is 224 g/mol. The molecule has 92 valence electrons. The second kappa shape index (κ2) is 6.59. The molecule has 1 aromatic rings. The van der Waals surface area contributed by atoms with Gasteiger partial charge in [-0.1, -0.05) is 0 Å². The SMILES string of the molecule is COC(=O)c1cccnc1CNCCC(=O)O. The Kier molecular flexibility index (Phi) is 5.09. The zero-order valence-electron chi connectivity index (χ0n) is 9.47. The molecule has 6 nitrogen and oxygen atoms in total. The molecule has 1 rings (SSSR count). The van der Waals surface area contributed by atoms with Crippen LogP contribution in [0.15, 0.2) is 18.3 Å². The molecule has 0 aliphatic heterocycles. The third-order valence-corrected chi connectivity index (χ3v) is 2.10. The fourth-order valence-electron chi connectivity index (χ4n) is 1.28. The second-order valence-electron chi connectivity index (χ2n) is 3.31. The molecule has 0 spiro atoms. The number of carboxylic acid groups (broad SMARTS) is 1. The molecule has 0 saturated heterocycles. The Hall–Kier alpha value is -1.95. The van der Waals surface area contributed by atoms with Crippen LogP contribution in [0.1, 0.15) is 22.5 Å². The van der Waals surface area contributed by atoms with Gasteiger partial charge >= 0.3 is 11.9 Å². The van der Waals surface area contributed by atoms with Gasteiger partial charge in [-0.2, -0.15) is 0 Å². The molecule has 0 atom stereocenters. The minimum Gasteiger partial charge on any atom is -0.481 e. The van der Waals surface area contributed by atoms with E-state index in [4.69, 9.17) is 5.11 Å². The van der Waals surface area contributed by atoms with Gasteiger partial charge in [0.25, 0.3) is 0 Å². The van der Waals surface area contributed by atoms with Crippen molar-refractivity contribution in [2.24, 2.45) is 0 Å². The standard InChI is InChI=1S/C11H14N2O4/c1-17-11(16)8-3-2-5-13-9(8)7-12-6-4-10(14)15/h2-3,5,12H,4,6-7H2,1H3,(H,14,15). The Morgan fingerprint density at radius 2 is 2.29 bits per heavy atom. The average Bonchev–Trinajstić information content (AvgIpc) is 2.34. The maximum atomic E-state index is 11.4. The molecule has 0 unspecified atom stereocenters. The van der Waals surface area contributed by atoms with E-state index in [0.29, 0.717) is 24.3 Å². The molecule has 0 bridgehead atoms. The Balaban J connectivity index is 2.58. The van der Waals surface area contributed by atoms with Gasteiger partial charge in [0.15, 0.2) is 0 Å². The van der Waals surface area contributed by atoms with Gasteiger partial charge < -0.3 is 15.2 Å². The fraction of sp³-hybridized carbons (Fsp3) is 0.364. The van der Waals surface area contributed by atoms with E-state index in [1.54, 1.807) is 18.3 Å². The molecule has 1 aromatic heterocycles. The maximum absolute atomic E-state index is 11.4. The third kappa shape index (κ3) is 4.20. The number of hydrogen-bond acceptors (Lipinski definition) is 5. The molecule has 0 amide bonds. The van der Waals surface area contributed by atoms with Gasteiger partial charge in [0.2, 0.25) is 0 Å². The highest BCUT2D eigenvalue weighted by Crippen LogP contribution is 2.06. The summed E-state index contributed by atoms with van der Waals surface area (Å²) in [6.45, 7) is 0.658. The van der Waals surface area contributed by atoms with Crippen molar-refractivity contribution in [3.8, 4) is 0 Å². The van der Waals surface area contributed by atoms with Crippen molar-refractivity contribution in [2.75, 3.05) is 13.7 Å². The Morgan fingerprint density at radius 3 is 2.94 bits per heavy atom. The first-order chi connectivity index (χ1) is 8.15. The summed E-state index contributed by atoms with van der Waals surface area (Å²) in [6, 6.07) is 3.26. The Labute approximate surface area is 98.6 Å². The van der Waals surface area contributed by atoms with Crippen LogP contribution in [-0.4, -0.2) is 35.7 Å². The van der Waals surface area contributed by atoms with Crippen LogP contribution in [0.5, 0.6) is 0 Å². The lowest BCUT2D eigenvalue weighted by Gasteiger charge is -2.07. The number of aliphatic carboxylic acids is 1. The largest absolute Gasteiger partial charge is 0.481 e. The van der Waals surface area contributed by atoms with Gasteiger partial charge in [-0.05, 0) is 12.1 Å². The summed E-state index contributed by atoms with van der Waals surface area (Å²) in [5, 5.41) is 11.4. The van der Waals surface area contributed by atoms with E-state index < -0.39 is 11.9 Å². The van der Waals surface area contributed by atoms with Crippen molar-refractivity contribution in [2.45, 2.75) is 13.0 Å². The van der Waals surface area contributed by atoms with E-state index >= 15 is 0 Å². The first-order valence-corrected chi connectivity index (χ1v) is 5.10. The molecule has 6 heteroatoms. The van der Waals surface area contributed by atoms with E-state index in [9.17, 15) is 9.59 Å². The molecule has 0 aromatic carbocycles. The highest BCUT2D eigenvalue weighted by Gasteiger charge is 2.11. The highest BCUT2D eigenvalue weighted by molar-refractivity contribution is 5.90. The van der Waals surface area contributed by atoms with Crippen LogP contribution < -0.4 is 5.32 Å². The van der Waals surface area contributed by atoms with E-state index in [0.717, 1.165) is 0 Å². The number of carbonyl (C=O) groups is 2. The molecule has 1 heterocycles. The van der Waals surface area contributed by atoms with Gasteiger partial charge in [-0.3, -0.25) is 9.78 Å². The van der Waals surface area contributed by atoms with Crippen molar-refractivity contribution in [1.82, 2.24) is 10.3 Å². The average molecular weight is 238 g/mol. The van der Waals surface area contributed by atoms with Crippen LogP contribution in [0, 0.1) is 0 Å². The van der Waals surface area contributed by atoms with Crippen LogP contribution in [0.2, 0.25) is 0 Å². The van der Waals surface area contributed by atoms with Crippen molar-refractivity contribution in [3.05, 3.63) is 29.6 Å². The summed E-state index contributed by atoms with van der Waals surface area (Å²) in [4.78, 5) is 25.7. The summed E-state index contributed by atoms with van der Waals surface area (Å²) in [5.41, 5.74) is 0.933.